The highest BCUT2D eigenvalue weighted by Crippen LogP contribution is 2.25. The van der Waals surface area contributed by atoms with Gasteiger partial charge in [0.1, 0.15) is 11.4 Å². The smallest absolute Gasteiger partial charge is 0.282 e. The van der Waals surface area contributed by atoms with Crippen LogP contribution in [-0.2, 0) is 0 Å². The standard InChI is InChI=1S/C12H12BrFN2O3/c13-6-8-3-4-15(7-8)12(17)10-5-9(14)1-2-11(10)16(18)19/h1-2,5,8H,3-4,6-7H2. The van der Waals surface area contributed by atoms with E-state index in [1.54, 1.807) is 0 Å². The number of hydrogen-bond donors (Lipinski definition) is 0. The van der Waals surface area contributed by atoms with Crippen LogP contribution in [0.3, 0.4) is 0 Å². The molecule has 19 heavy (non-hydrogen) atoms. The van der Waals surface area contributed by atoms with Gasteiger partial charge in [0.25, 0.3) is 11.6 Å². The molecule has 5 nitrogen and oxygen atoms in total. The summed E-state index contributed by atoms with van der Waals surface area (Å²) >= 11 is 3.35. The van der Waals surface area contributed by atoms with Crippen molar-refractivity contribution in [2.45, 2.75) is 6.42 Å². The third kappa shape index (κ3) is 2.91. The topological polar surface area (TPSA) is 63.4 Å². The third-order valence-corrected chi connectivity index (χ3v) is 4.09. The molecule has 1 aromatic carbocycles. The van der Waals surface area contributed by atoms with Crippen molar-refractivity contribution in [3.8, 4) is 0 Å². The normalized spacial score (nSPS) is 18.6. The van der Waals surface area contributed by atoms with Crippen LogP contribution in [0.5, 0.6) is 0 Å². The first-order valence-corrected chi connectivity index (χ1v) is 6.94. The van der Waals surface area contributed by atoms with E-state index in [0.29, 0.717) is 19.0 Å². The van der Waals surface area contributed by atoms with Crippen molar-refractivity contribution >= 4 is 27.5 Å². The van der Waals surface area contributed by atoms with Gasteiger partial charge < -0.3 is 4.90 Å². The van der Waals surface area contributed by atoms with Gasteiger partial charge in [-0.1, -0.05) is 15.9 Å². The summed E-state index contributed by atoms with van der Waals surface area (Å²) < 4.78 is 13.2. The molecule has 1 fully saturated rings. The maximum Gasteiger partial charge on any atom is 0.282 e. The Morgan fingerprint density at radius 2 is 2.32 bits per heavy atom. The molecule has 0 saturated carbocycles. The van der Waals surface area contributed by atoms with Crippen LogP contribution in [0.2, 0.25) is 0 Å². The van der Waals surface area contributed by atoms with Crippen LogP contribution in [0.25, 0.3) is 0 Å². The Morgan fingerprint density at radius 1 is 1.58 bits per heavy atom. The molecule has 0 bridgehead atoms. The zero-order chi connectivity index (χ0) is 14.0. The van der Waals surface area contributed by atoms with Crippen molar-refractivity contribution < 1.29 is 14.1 Å². The van der Waals surface area contributed by atoms with Crippen LogP contribution >= 0.6 is 15.9 Å². The molecule has 1 atom stereocenters. The number of nitrogens with zero attached hydrogens (tertiary/aromatic N) is 2. The van der Waals surface area contributed by atoms with Gasteiger partial charge in [-0.05, 0) is 24.5 Å². The first-order valence-electron chi connectivity index (χ1n) is 5.82. The zero-order valence-electron chi connectivity index (χ0n) is 10.0. The van der Waals surface area contributed by atoms with E-state index in [9.17, 15) is 19.3 Å². The van der Waals surface area contributed by atoms with Crippen molar-refractivity contribution in [2.75, 3.05) is 18.4 Å². The Kier molecular flexibility index (Phi) is 4.14. The molecule has 1 aliphatic heterocycles. The number of carbonyl (C=O) groups excluding carboxylic acids is 1. The summed E-state index contributed by atoms with van der Waals surface area (Å²) in [6.45, 7) is 1.08. The Labute approximate surface area is 117 Å². The van der Waals surface area contributed by atoms with Crippen LogP contribution in [0, 0.1) is 21.8 Å². The van der Waals surface area contributed by atoms with E-state index in [0.717, 1.165) is 30.0 Å². The largest absolute Gasteiger partial charge is 0.338 e. The molecule has 7 heteroatoms. The van der Waals surface area contributed by atoms with E-state index in [4.69, 9.17) is 0 Å². The number of amides is 1. The van der Waals surface area contributed by atoms with Gasteiger partial charge in [-0.15, -0.1) is 0 Å². The molecule has 1 unspecified atom stereocenters. The van der Waals surface area contributed by atoms with Crippen molar-refractivity contribution in [3.05, 3.63) is 39.7 Å². The number of carbonyl (C=O) groups is 1. The highest BCUT2D eigenvalue weighted by molar-refractivity contribution is 9.09. The summed E-state index contributed by atoms with van der Waals surface area (Å²) in [5, 5.41) is 11.7. The van der Waals surface area contributed by atoms with E-state index in [-0.39, 0.29) is 11.3 Å². The SMILES string of the molecule is O=C(c1cc(F)ccc1[N+](=O)[O-])N1CCC(CBr)C1. The summed E-state index contributed by atoms with van der Waals surface area (Å²) in [6.07, 6.45) is 0.847. The molecular weight excluding hydrogens is 319 g/mol. The van der Waals surface area contributed by atoms with Crippen molar-refractivity contribution in [3.63, 3.8) is 0 Å². The van der Waals surface area contributed by atoms with Gasteiger partial charge >= 0.3 is 0 Å². The molecule has 1 amide bonds. The first-order chi connectivity index (χ1) is 9.02. The molecule has 1 aliphatic rings. The fraction of sp³-hybridized carbons (Fsp3) is 0.417. The van der Waals surface area contributed by atoms with Gasteiger partial charge in [0.05, 0.1) is 4.92 Å². The summed E-state index contributed by atoms with van der Waals surface area (Å²) in [5.74, 6) is -0.781. The van der Waals surface area contributed by atoms with E-state index >= 15 is 0 Å². The molecule has 0 N–H and O–H groups in total. The van der Waals surface area contributed by atoms with Gasteiger partial charge in [-0.25, -0.2) is 4.39 Å². The molecule has 2 rings (SSSR count). The van der Waals surface area contributed by atoms with Crippen LogP contribution in [0.4, 0.5) is 10.1 Å². The summed E-state index contributed by atoms with van der Waals surface area (Å²) in [6, 6.07) is 2.95. The molecule has 0 spiro atoms. The maximum atomic E-state index is 13.2. The molecule has 0 aromatic heterocycles. The summed E-state index contributed by atoms with van der Waals surface area (Å²) in [7, 11) is 0. The fourth-order valence-corrected chi connectivity index (χ4v) is 2.68. The van der Waals surface area contributed by atoms with Gasteiger partial charge in [0, 0.05) is 24.5 Å². The Morgan fingerprint density at radius 3 is 2.89 bits per heavy atom. The number of likely N-dealkylation sites (tertiary alicyclic amines) is 1. The molecule has 1 heterocycles. The van der Waals surface area contributed by atoms with Crippen molar-refractivity contribution in [2.24, 2.45) is 5.92 Å². The lowest BCUT2D eigenvalue weighted by Gasteiger charge is -2.16. The van der Waals surface area contributed by atoms with E-state index in [1.807, 2.05) is 0 Å². The second-order valence-corrected chi connectivity index (χ2v) is 5.13. The molecule has 1 aromatic rings. The lowest BCUT2D eigenvalue weighted by Crippen LogP contribution is -2.29. The lowest BCUT2D eigenvalue weighted by atomic mass is 10.1. The molecule has 0 radical (unpaired) electrons. The highest BCUT2D eigenvalue weighted by Gasteiger charge is 2.30. The number of hydrogen-bond acceptors (Lipinski definition) is 3. The second kappa shape index (κ2) is 5.64. The molecule has 1 saturated heterocycles. The summed E-state index contributed by atoms with van der Waals surface area (Å²) in [4.78, 5) is 24.0. The number of nitro benzene ring substituents is 1. The molecule has 102 valence electrons. The Balaban J connectivity index is 2.28. The zero-order valence-corrected chi connectivity index (χ0v) is 11.6. The van der Waals surface area contributed by atoms with E-state index < -0.39 is 16.6 Å². The number of halogens is 2. The predicted octanol–water partition coefficient (Wildman–Crippen LogP) is 2.59. The highest BCUT2D eigenvalue weighted by atomic mass is 79.9. The first kappa shape index (κ1) is 13.9. The predicted molar refractivity (Wildman–Crippen MR) is 70.9 cm³/mol. The van der Waals surface area contributed by atoms with Crippen molar-refractivity contribution in [1.82, 2.24) is 4.90 Å². The van der Waals surface area contributed by atoms with Gasteiger partial charge in [0.15, 0.2) is 0 Å². The average Bonchev–Trinajstić information content (AvgIpc) is 2.86. The molecule has 0 aliphatic carbocycles. The fourth-order valence-electron chi connectivity index (χ4n) is 2.15. The van der Waals surface area contributed by atoms with Crippen LogP contribution in [-0.4, -0.2) is 34.2 Å². The summed E-state index contributed by atoms with van der Waals surface area (Å²) in [5.41, 5.74) is -0.533. The van der Waals surface area contributed by atoms with Crippen LogP contribution in [0.1, 0.15) is 16.8 Å². The van der Waals surface area contributed by atoms with Crippen LogP contribution < -0.4 is 0 Å². The average molecular weight is 331 g/mol. The quantitative estimate of drug-likeness (QED) is 0.486. The van der Waals surface area contributed by atoms with Gasteiger partial charge in [-0.2, -0.15) is 0 Å². The van der Waals surface area contributed by atoms with Gasteiger partial charge in [0.2, 0.25) is 0 Å². The molecular formula is C12H12BrFN2O3. The van der Waals surface area contributed by atoms with Crippen molar-refractivity contribution in [1.29, 1.82) is 0 Å². The number of benzene rings is 1. The Hall–Kier alpha value is -1.50. The number of alkyl halides is 1. The minimum atomic E-state index is -0.662. The minimum absolute atomic E-state index is 0.180. The second-order valence-electron chi connectivity index (χ2n) is 4.48. The minimum Gasteiger partial charge on any atom is -0.338 e. The number of nitro groups is 1. The maximum absolute atomic E-state index is 13.2. The third-order valence-electron chi connectivity index (χ3n) is 3.18. The van der Waals surface area contributed by atoms with E-state index in [1.165, 1.54) is 4.90 Å². The van der Waals surface area contributed by atoms with Crippen LogP contribution in [0.15, 0.2) is 18.2 Å². The number of rotatable bonds is 3. The van der Waals surface area contributed by atoms with E-state index in [2.05, 4.69) is 15.9 Å². The monoisotopic (exact) mass is 330 g/mol. The Bertz CT molecular complexity index is 524. The lowest BCUT2D eigenvalue weighted by molar-refractivity contribution is -0.385. The van der Waals surface area contributed by atoms with Gasteiger partial charge in [-0.3, -0.25) is 14.9 Å².